The first-order chi connectivity index (χ1) is 17.8. The molecule has 1 N–H and O–H groups in total. The first kappa shape index (κ1) is 26.0. The summed E-state index contributed by atoms with van der Waals surface area (Å²) in [5, 5.41) is 10.7. The third-order valence-electron chi connectivity index (χ3n) is 6.20. The Morgan fingerprint density at radius 3 is 2.35 bits per heavy atom. The number of aryl methyl sites for hydroxylation is 2. The van der Waals surface area contributed by atoms with E-state index in [0.29, 0.717) is 43.4 Å². The van der Waals surface area contributed by atoms with Gasteiger partial charge >= 0.3 is 0 Å². The lowest BCUT2D eigenvalue weighted by molar-refractivity contribution is -0.129. The molecule has 3 aromatic rings. The van der Waals surface area contributed by atoms with Crippen LogP contribution in [0, 0.1) is 13.8 Å². The molecule has 8 nitrogen and oxygen atoms in total. The molecule has 0 bridgehead atoms. The maximum absolute atomic E-state index is 13.3. The van der Waals surface area contributed by atoms with Crippen LogP contribution >= 0.6 is 0 Å². The Bertz CT molecular complexity index is 1290. The van der Waals surface area contributed by atoms with Crippen LogP contribution in [-0.4, -0.2) is 67.0 Å². The van der Waals surface area contributed by atoms with Crippen LogP contribution in [0.1, 0.15) is 33.5 Å². The number of ether oxygens (including phenoxy) is 2. The molecular formula is C29H32N2O6. The van der Waals surface area contributed by atoms with Gasteiger partial charge in [0.25, 0.3) is 5.91 Å². The van der Waals surface area contributed by atoms with Crippen molar-refractivity contribution in [2.24, 2.45) is 0 Å². The number of amides is 1. The molecule has 2 aromatic carbocycles. The third-order valence-corrected chi connectivity index (χ3v) is 6.20. The quantitative estimate of drug-likeness (QED) is 0.304. The summed E-state index contributed by atoms with van der Waals surface area (Å²) in [6.45, 7) is 5.37. The first-order valence-corrected chi connectivity index (χ1v) is 12.2. The van der Waals surface area contributed by atoms with Crippen molar-refractivity contribution in [2.75, 3.05) is 40.4 Å². The average Bonchev–Trinajstić information content (AvgIpc) is 3.42. The van der Waals surface area contributed by atoms with Crippen LogP contribution in [0.5, 0.6) is 11.5 Å². The molecule has 1 atom stereocenters. The summed E-state index contributed by atoms with van der Waals surface area (Å²) in [6, 6.07) is 17.5. The zero-order chi connectivity index (χ0) is 26.5. The number of Topliss-reactive ketones (excluding diaryl/α,β-unsaturated/α-hetero) is 1. The highest BCUT2D eigenvalue weighted by Gasteiger charge is 2.44. The standard InChI is InChI=1S/C29H32N2O6/c1-19-7-5-6-8-23(19)36-18-17-35-22-12-10-21(11-13-22)26-25(27(32)24-14-9-20(2)37-24)28(33)29(34)31(26)16-15-30(3)4/h5-14,26,33H,15-18H2,1-4H3/t26-/m0/s1. The van der Waals surface area contributed by atoms with Gasteiger partial charge in [-0.3, -0.25) is 9.59 Å². The van der Waals surface area contributed by atoms with Crippen LogP contribution in [0.25, 0.3) is 0 Å². The van der Waals surface area contributed by atoms with E-state index in [0.717, 1.165) is 11.3 Å². The SMILES string of the molecule is Cc1ccc(C(=O)C2=C(O)C(=O)N(CCN(C)C)[C@H]2c2ccc(OCCOc3ccccc3C)cc2)o1. The molecule has 1 aliphatic rings. The number of benzene rings is 2. The average molecular weight is 505 g/mol. The van der Waals surface area contributed by atoms with E-state index in [1.54, 1.807) is 43.3 Å². The van der Waals surface area contributed by atoms with Crippen LogP contribution in [0.3, 0.4) is 0 Å². The molecule has 1 aliphatic heterocycles. The van der Waals surface area contributed by atoms with Crippen molar-refractivity contribution < 1.29 is 28.6 Å². The number of hydrogen-bond donors (Lipinski definition) is 1. The molecule has 37 heavy (non-hydrogen) atoms. The van der Waals surface area contributed by atoms with Gasteiger partial charge in [0, 0.05) is 13.1 Å². The summed E-state index contributed by atoms with van der Waals surface area (Å²) in [5.41, 5.74) is 1.76. The Balaban J connectivity index is 1.51. The number of hydrogen-bond acceptors (Lipinski definition) is 7. The van der Waals surface area contributed by atoms with Crippen molar-refractivity contribution in [1.29, 1.82) is 0 Å². The fourth-order valence-corrected chi connectivity index (χ4v) is 4.24. The smallest absolute Gasteiger partial charge is 0.290 e. The summed E-state index contributed by atoms with van der Waals surface area (Å²) in [6.07, 6.45) is 0. The molecule has 0 spiro atoms. The zero-order valence-electron chi connectivity index (χ0n) is 21.6. The molecular weight excluding hydrogens is 472 g/mol. The number of para-hydroxylation sites is 1. The minimum Gasteiger partial charge on any atom is -0.503 e. The minimum atomic E-state index is -0.746. The number of carbonyl (C=O) groups is 2. The summed E-state index contributed by atoms with van der Waals surface area (Å²) in [7, 11) is 3.80. The van der Waals surface area contributed by atoms with Crippen molar-refractivity contribution in [3.63, 3.8) is 0 Å². The van der Waals surface area contributed by atoms with E-state index in [9.17, 15) is 14.7 Å². The van der Waals surface area contributed by atoms with Crippen LogP contribution in [0.15, 0.2) is 76.4 Å². The third kappa shape index (κ3) is 5.86. The van der Waals surface area contributed by atoms with Crippen LogP contribution < -0.4 is 9.47 Å². The van der Waals surface area contributed by atoms with Crippen LogP contribution in [0.4, 0.5) is 0 Å². The van der Waals surface area contributed by atoms with Gasteiger partial charge in [0.05, 0.1) is 11.6 Å². The Morgan fingerprint density at radius 1 is 1.00 bits per heavy atom. The Kier molecular flexibility index (Phi) is 7.98. The van der Waals surface area contributed by atoms with Gasteiger partial charge < -0.3 is 28.8 Å². The maximum Gasteiger partial charge on any atom is 0.290 e. The van der Waals surface area contributed by atoms with Gasteiger partial charge in [-0.05, 0) is 69.4 Å². The van der Waals surface area contributed by atoms with Gasteiger partial charge in [0.1, 0.15) is 30.5 Å². The largest absolute Gasteiger partial charge is 0.503 e. The Morgan fingerprint density at radius 2 is 1.70 bits per heavy atom. The number of aliphatic hydroxyl groups excluding tert-OH is 1. The van der Waals surface area contributed by atoms with E-state index in [1.165, 1.54) is 4.90 Å². The van der Waals surface area contributed by atoms with Gasteiger partial charge in [-0.2, -0.15) is 0 Å². The molecule has 0 aliphatic carbocycles. The van der Waals surface area contributed by atoms with Crippen molar-refractivity contribution >= 4 is 11.7 Å². The fraction of sp³-hybridized carbons (Fsp3) is 0.310. The van der Waals surface area contributed by atoms with Gasteiger partial charge in [0.2, 0.25) is 5.78 Å². The molecule has 0 saturated carbocycles. The first-order valence-electron chi connectivity index (χ1n) is 12.2. The number of likely N-dealkylation sites (N-methyl/N-ethyl adjacent to an activating group) is 1. The number of aliphatic hydroxyl groups is 1. The monoisotopic (exact) mass is 504 g/mol. The number of carbonyl (C=O) groups excluding carboxylic acids is 2. The second-order valence-corrected chi connectivity index (χ2v) is 9.24. The van der Waals surface area contributed by atoms with Gasteiger partial charge in [-0.25, -0.2) is 0 Å². The molecule has 0 unspecified atom stereocenters. The zero-order valence-corrected chi connectivity index (χ0v) is 21.6. The number of nitrogens with zero attached hydrogens (tertiary/aromatic N) is 2. The molecule has 4 rings (SSSR count). The van der Waals surface area contributed by atoms with Crippen molar-refractivity contribution in [1.82, 2.24) is 9.80 Å². The molecule has 1 amide bonds. The summed E-state index contributed by atoms with van der Waals surface area (Å²) in [4.78, 5) is 29.8. The second-order valence-electron chi connectivity index (χ2n) is 9.24. The van der Waals surface area contributed by atoms with Gasteiger partial charge in [-0.15, -0.1) is 0 Å². The molecule has 0 radical (unpaired) electrons. The minimum absolute atomic E-state index is 0.0124. The Labute approximate surface area is 216 Å². The lowest BCUT2D eigenvalue weighted by atomic mass is 9.95. The predicted molar refractivity (Wildman–Crippen MR) is 139 cm³/mol. The number of rotatable bonds is 11. The Hall–Kier alpha value is -4.04. The molecule has 1 aromatic heterocycles. The molecule has 0 fully saturated rings. The van der Waals surface area contributed by atoms with E-state index >= 15 is 0 Å². The van der Waals surface area contributed by atoms with Crippen molar-refractivity contribution in [3.8, 4) is 11.5 Å². The summed E-state index contributed by atoms with van der Waals surface area (Å²) >= 11 is 0. The van der Waals surface area contributed by atoms with E-state index in [4.69, 9.17) is 13.9 Å². The molecule has 194 valence electrons. The highest BCUT2D eigenvalue weighted by Crippen LogP contribution is 2.39. The van der Waals surface area contributed by atoms with Crippen LogP contribution in [0.2, 0.25) is 0 Å². The van der Waals surface area contributed by atoms with E-state index in [2.05, 4.69) is 0 Å². The highest BCUT2D eigenvalue weighted by molar-refractivity contribution is 6.15. The second kappa shape index (κ2) is 11.3. The van der Waals surface area contributed by atoms with Gasteiger partial charge in [0.15, 0.2) is 11.5 Å². The molecule has 2 heterocycles. The number of ketones is 1. The maximum atomic E-state index is 13.3. The normalized spacial score (nSPS) is 15.5. The number of furan rings is 1. The van der Waals surface area contributed by atoms with E-state index in [-0.39, 0.29) is 11.3 Å². The topological polar surface area (TPSA) is 92.5 Å². The highest BCUT2D eigenvalue weighted by atomic mass is 16.5. The predicted octanol–water partition coefficient (Wildman–Crippen LogP) is 4.49. The van der Waals surface area contributed by atoms with Crippen molar-refractivity contribution in [2.45, 2.75) is 19.9 Å². The lowest BCUT2D eigenvalue weighted by Gasteiger charge is -2.28. The summed E-state index contributed by atoms with van der Waals surface area (Å²) < 4.78 is 17.1. The molecule has 8 heteroatoms. The van der Waals surface area contributed by atoms with Crippen LogP contribution in [-0.2, 0) is 4.79 Å². The lowest BCUT2D eigenvalue weighted by Crippen LogP contribution is -2.36. The fourth-order valence-electron chi connectivity index (χ4n) is 4.24. The van der Waals surface area contributed by atoms with E-state index < -0.39 is 23.5 Å². The summed E-state index contributed by atoms with van der Waals surface area (Å²) in [5.74, 6) is 0.472. The molecule has 0 saturated heterocycles. The van der Waals surface area contributed by atoms with Crippen molar-refractivity contribution in [3.05, 3.63) is 94.6 Å². The van der Waals surface area contributed by atoms with E-state index in [1.807, 2.05) is 50.2 Å². The van der Waals surface area contributed by atoms with Gasteiger partial charge in [-0.1, -0.05) is 30.3 Å².